The molecular formula is C10H17N. The van der Waals surface area contributed by atoms with Crippen LogP contribution >= 0.6 is 0 Å². The first kappa shape index (κ1) is 8.62. The summed E-state index contributed by atoms with van der Waals surface area (Å²) in [5.41, 5.74) is 0.509. The first-order valence-electron chi connectivity index (χ1n) is 4.30. The third-order valence-electron chi connectivity index (χ3n) is 2.63. The molecule has 0 aromatic carbocycles. The highest BCUT2D eigenvalue weighted by molar-refractivity contribution is 5.01. The summed E-state index contributed by atoms with van der Waals surface area (Å²) in [4.78, 5) is 0. The lowest BCUT2D eigenvalue weighted by Crippen LogP contribution is -2.50. The SMILES string of the molecule is CC#CCNC1CCC1(C)C. The molecule has 1 nitrogen and oxygen atoms in total. The molecule has 0 saturated heterocycles. The fourth-order valence-electron chi connectivity index (χ4n) is 1.51. The van der Waals surface area contributed by atoms with Gasteiger partial charge in [0.1, 0.15) is 0 Å². The molecule has 1 aliphatic carbocycles. The summed E-state index contributed by atoms with van der Waals surface area (Å²) < 4.78 is 0. The Morgan fingerprint density at radius 3 is 2.64 bits per heavy atom. The van der Waals surface area contributed by atoms with Crippen molar-refractivity contribution in [3.05, 3.63) is 0 Å². The van der Waals surface area contributed by atoms with Crippen LogP contribution in [-0.2, 0) is 0 Å². The molecule has 1 heteroatoms. The molecule has 0 aromatic rings. The fraction of sp³-hybridized carbons (Fsp3) is 0.800. The second-order valence-corrected chi connectivity index (χ2v) is 3.89. The van der Waals surface area contributed by atoms with Gasteiger partial charge >= 0.3 is 0 Å². The zero-order chi connectivity index (χ0) is 8.32. The molecule has 0 aliphatic heterocycles. The summed E-state index contributed by atoms with van der Waals surface area (Å²) in [6.07, 6.45) is 2.67. The first-order valence-corrected chi connectivity index (χ1v) is 4.30. The molecule has 1 rings (SSSR count). The maximum Gasteiger partial charge on any atom is 0.0578 e. The van der Waals surface area contributed by atoms with E-state index >= 15 is 0 Å². The standard InChI is InChI=1S/C10H17N/c1-4-5-8-11-9-6-7-10(9,2)3/h9,11H,6-8H2,1-3H3. The van der Waals surface area contributed by atoms with Crippen molar-refractivity contribution in [1.29, 1.82) is 0 Å². The Hall–Kier alpha value is -0.480. The maximum absolute atomic E-state index is 3.44. The van der Waals surface area contributed by atoms with Crippen LogP contribution in [0.2, 0.25) is 0 Å². The Morgan fingerprint density at radius 2 is 2.27 bits per heavy atom. The van der Waals surface area contributed by atoms with Crippen LogP contribution in [0.25, 0.3) is 0 Å². The zero-order valence-corrected chi connectivity index (χ0v) is 7.70. The van der Waals surface area contributed by atoms with Gasteiger partial charge in [0.25, 0.3) is 0 Å². The predicted octanol–water partition coefficient (Wildman–Crippen LogP) is 1.79. The highest BCUT2D eigenvalue weighted by Crippen LogP contribution is 2.39. The average Bonchev–Trinajstić information content (AvgIpc) is 1.96. The van der Waals surface area contributed by atoms with Crippen LogP contribution in [0.1, 0.15) is 33.6 Å². The van der Waals surface area contributed by atoms with E-state index in [0.717, 1.165) is 6.54 Å². The van der Waals surface area contributed by atoms with E-state index in [0.29, 0.717) is 11.5 Å². The van der Waals surface area contributed by atoms with Crippen molar-refractivity contribution >= 4 is 0 Å². The minimum atomic E-state index is 0.509. The van der Waals surface area contributed by atoms with Crippen molar-refractivity contribution in [3.63, 3.8) is 0 Å². The Kier molecular flexibility index (Phi) is 2.57. The van der Waals surface area contributed by atoms with Crippen LogP contribution in [-0.4, -0.2) is 12.6 Å². The summed E-state index contributed by atoms with van der Waals surface area (Å²) in [6, 6.07) is 0.698. The van der Waals surface area contributed by atoms with E-state index in [1.54, 1.807) is 0 Å². The molecule has 0 amide bonds. The van der Waals surface area contributed by atoms with Crippen LogP contribution in [0.5, 0.6) is 0 Å². The fourth-order valence-corrected chi connectivity index (χ4v) is 1.51. The van der Waals surface area contributed by atoms with Gasteiger partial charge in [0.05, 0.1) is 6.54 Å². The third kappa shape index (κ3) is 1.97. The summed E-state index contributed by atoms with van der Waals surface area (Å²) in [7, 11) is 0. The van der Waals surface area contributed by atoms with Gasteiger partial charge in [0.2, 0.25) is 0 Å². The van der Waals surface area contributed by atoms with Crippen molar-refractivity contribution in [2.75, 3.05) is 6.54 Å². The molecule has 0 heterocycles. The van der Waals surface area contributed by atoms with Crippen LogP contribution in [0, 0.1) is 17.3 Å². The topological polar surface area (TPSA) is 12.0 Å². The molecular weight excluding hydrogens is 134 g/mol. The number of hydrogen-bond donors (Lipinski definition) is 1. The van der Waals surface area contributed by atoms with E-state index in [9.17, 15) is 0 Å². The summed E-state index contributed by atoms with van der Waals surface area (Å²) >= 11 is 0. The molecule has 0 spiro atoms. The summed E-state index contributed by atoms with van der Waals surface area (Å²) in [6.45, 7) is 7.36. The van der Waals surface area contributed by atoms with Gasteiger partial charge < -0.3 is 5.32 Å². The summed E-state index contributed by atoms with van der Waals surface area (Å²) in [5, 5.41) is 3.44. The Bertz CT molecular complexity index is 183. The van der Waals surface area contributed by atoms with Crippen molar-refractivity contribution < 1.29 is 0 Å². The van der Waals surface area contributed by atoms with E-state index < -0.39 is 0 Å². The van der Waals surface area contributed by atoms with Gasteiger partial charge in [-0.25, -0.2) is 0 Å². The minimum absolute atomic E-state index is 0.509. The van der Waals surface area contributed by atoms with Gasteiger partial charge in [-0.3, -0.25) is 0 Å². The van der Waals surface area contributed by atoms with Crippen molar-refractivity contribution in [3.8, 4) is 11.8 Å². The minimum Gasteiger partial charge on any atom is -0.303 e. The molecule has 62 valence electrons. The first-order chi connectivity index (χ1) is 5.17. The van der Waals surface area contributed by atoms with E-state index in [-0.39, 0.29) is 0 Å². The monoisotopic (exact) mass is 151 g/mol. The third-order valence-corrected chi connectivity index (χ3v) is 2.63. The second kappa shape index (κ2) is 3.28. The quantitative estimate of drug-likeness (QED) is 0.593. The van der Waals surface area contributed by atoms with Crippen LogP contribution in [0.4, 0.5) is 0 Å². The van der Waals surface area contributed by atoms with Gasteiger partial charge in [-0.2, -0.15) is 0 Å². The number of hydrogen-bond acceptors (Lipinski definition) is 1. The Labute approximate surface area is 69.6 Å². The Balaban J connectivity index is 2.21. The average molecular weight is 151 g/mol. The molecule has 1 saturated carbocycles. The molecule has 11 heavy (non-hydrogen) atoms. The normalized spacial score (nSPS) is 26.6. The van der Waals surface area contributed by atoms with Crippen molar-refractivity contribution in [2.24, 2.45) is 5.41 Å². The van der Waals surface area contributed by atoms with Crippen molar-refractivity contribution in [1.82, 2.24) is 5.32 Å². The molecule has 0 bridgehead atoms. The molecule has 0 aromatic heterocycles. The molecule has 1 aliphatic rings. The lowest BCUT2D eigenvalue weighted by Gasteiger charge is -2.44. The predicted molar refractivity (Wildman–Crippen MR) is 48.3 cm³/mol. The van der Waals surface area contributed by atoms with Crippen LogP contribution in [0.3, 0.4) is 0 Å². The van der Waals surface area contributed by atoms with Gasteiger partial charge in [-0.05, 0) is 25.2 Å². The molecule has 0 radical (unpaired) electrons. The highest BCUT2D eigenvalue weighted by Gasteiger charge is 2.37. The smallest absolute Gasteiger partial charge is 0.0578 e. The molecule has 1 fully saturated rings. The van der Waals surface area contributed by atoms with Gasteiger partial charge in [-0.15, -0.1) is 5.92 Å². The van der Waals surface area contributed by atoms with Crippen LogP contribution in [0.15, 0.2) is 0 Å². The zero-order valence-electron chi connectivity index (χ0n) is 7.70. The maximum atomic E-state index is 3.44. The van der Waals surface area contributed by atoms with E-state index in [1.165, 1.54) is 12.8 Å². The lowest BCUT2D eigenvalue weighted by atomic mass is 9.67. The highest BCUT2D eigenvalue weighted by atomic mass is 14.9. The summed E-state index contributed by atoms with van der Waals surface area (Å²) in [5.74, 6) is 5.91. The van der Waals surface area contributed by atoms with E-state index in [4.69, 9.17) is 0 Å². The van der Waals surface area contributed by atoms with Gasteiger partial charge in [0, 0.05) is 6.04 Å². The lowest BCUT2D eigenvalue weighted by molar-refractivity contribution is 0.113. The van der Waals surface area contributed by atoms with E-state index in [1.807, 2.05) is 6.92 Å². The number of rotatable bonds is 2. The Morgan fingerprint density at radius 1 is 1.55 bits per heavy atom. The van der Waals surface area contributed by atoms with Gasteiger partial charge in [0.15, 0.2) is 0 Å². The molecule has 1 atom stereocenters. The van der Waals surface area contributed by atoms with Gasteiger partial charge in [-0.1, -0.05) is 19.8 Å². The van der Waals surface area contributed by atoms with Crippen molar-refractivity contribution in [2.45, 2.75) is 39.7 Å². The number of nitrogens with one attached hydrogen (secondary N) is 1. The molecule has 1 unspecified atom stereocenters. The largest absolute Gasteiger partial charge is 0.303 e. The second-order valence-electron chi connectivity index (χ2n) is 3.89. The van der Waals surface area contributed by atoms with Crippen LogP contribution < -0.4 is 5.32 Å². The molecule has 1 N–H and O–H groups in total. The van der Waals surface area contributed by atoms with E-state index in [2.05, 4.69) is 31.0 Å².